The minimum absolute atomic E-state index is 0. The van der Waals surface area contributed by atoms with E-state index in [0.717, 1.165) is 6.54 Å². The van der Waals surface area contributed by atoms with E-state index >= 15 is 0 Å². The van der Waals surface area contributed by atoms with Crippen LogP contribution in [-0.4, -0.2) is 27.9 Å². The fraction of sp³-hybridized carbons (Fsp3) is 0.294. The molecule has 3 rings (SSSR count). The normalized spacial score (nSPS) is 15.0. The number of hydrogen-bond acceptors (Lipinski definition) is 4. The quantitative estimate of drug-likeness (QED) is 0.934. The second-order valence-corrected chi connectivity index (χ2v) is 6.81. The third kappa shape index (κ3) is 4.24. The Hall–Kier alpha value is -2.05. The molecular weight excluding hydrogens is 312 g/mol. The number of para-hydroxylation sites is 3. The third-order valence-corrected chi connectivity index (χ3v) is 4.60. The number of fused-ring (bicyclic) bond motifs is 1. The van der Waals surface area contributed by atoms with Gasteiger partial charge < -0.3 is 10.1 Å². The molecule has 0 fully saturated rings. The standard InChI is InChI=1S/C13H11NO3S.C4H11N.H2/c15-18(16)10-17-13-9-5-4-8-12(13)14(18)11-6-2-1-3-7-11;1-3-4-5-2;/h1-9H,10H2;5H,3-4H2,1-2H3;1H. The summed E-state index contributed by atoms with van der Waals surface area (Å²) in [6, 6.07) is 16.1. The smallest absolute Gasteiger partial charge is 0.275 e. The van der Waals surface area contributed by atoms with Gasteiger partial charge in [-0.15, -0.1) is 0 Å². The highest BCUT2D eigenvalue weighted by Gasteiger charge is 2.31. The van der Waals surface area contributed by atoms with E-state index in [4.69, 9.17) is 4.74 Å². The highest BCUT2D eigenvalue weighted by molar-refractivity contribution is 7.93. The van der Waals surface area contributed by atoms with Gasteiger partial charge in [0.25, 0.3) is 10.0 Å². The number of benzene rings is 2. The van der Waals surface area contributed by atoms with E-state index in [1.165, 1.54) is 10.7 Å². The monoisotopic (exact) mass is 336 g/mol. The first-order valence-corrected chi connectivity index (χ1v) is 9.15. The molecule has 0 atom stereocenters. The summed E-state index contributed by atoms with van der Waals surface area (Å²) in [6.07, 6.45) is 1.23. The lowest BCUT2D eigenvalue weighted by Crippen LogP contribution is -2.34. The van der Waals surface area contributed by atoms with E-state index in [0.29, 0.717) is 17.1 Å². The van der Waals surface area contributed by atoms with Crippen molar-refractivity contribution in [3.05, 3.63) is 54.6 Å². The summed E-state index contributed by atoms with van der Waals surface area (Å²) < 4.78 is 30.9. The summed E-state index contributed by atoms with van der Waals surface area (Å²) in [5.41, 5.74) is 1.17. The second-order valence-electron chi connectivity index (χ2n) is 5.05. The molecule has 0 bridgehead atoms. The number of sulfonamides is 1. The Balaban J connectivity index is 0.000000425. The molecule has 0 unspecified atom stereocenters. The first kappa shape index (κ1) is 17.3. The van der Waals surface area contributed by atoms with Crippen LogP contribution in [0.1, 0.15) is 14.8 Å². The highest BCUT2D eigenvalue weighted by Crippen LogP contribution is 2.39. The zero-order valence-electron chi connectivity index (χ0n) is 13.4. The Kier molecular flexibility index (Phi) is 6.01. The molecule has 5 nitrogen and oxygen atoms in total. The predicted molar refractivity (Wildman–Crippen MR) is 95.8 cm³/mol. The molecule has 2 aromatic rings. The third-order valence-electron chi connectivity index (χ3n) is 3.22. The maximum Gasteiger partial charge on any atom is 0.275 e. The van der Waals surface area contributed by atoms with Gasteiger partial charge in [-0.25, -0.2) is 12.7 Å². The molecule has 0 radical (unpaired) electrons. The van der Waals surface area contributed by atoms with Crippen LogP contribution in [0.5, 0.6) is 5.75 Å². The lowest BCUT2D eigenvalue weighted by Gasteiger charge is -2.30. The molecule has 6 heteroatoms. The molecule has 0 spiro atoms. The second kappa shape index (κ2) is 7.99. The largest absolute Gasteiger partial charge is 0.474 e. The first-order valence-electron chi connectivity index (χ1n) is 7.54. The van der Waals surface area contributed by atoms with Crippen LogP contribution in [0.4, 0.5) is 11.4 Å². The highest BCUT2D eigenvalue weighted by atomic mass is 32.2. The fourth-order valence-corrected chi connectivity index (χ4v) is 3.48. The SMILES string of the molecule is CCCNC.O=S1(=O)COc2ccccc2N1c1ccccc1.[HH]. The molecular formula is C17H24N2O3S. The fourth-order valence-electron chi connectivity index (χ4n) is 2.20. The summed E-state index contributed by atoms with van der Waals surface area (Å²) in [7, 11) is -1.52. The molecule has 0 amide bonds. The van der Waals surface area contributed by atoms with Crippen molar-refractivity contribution in [3.8, 4) is 5.75 Å². The van der Waals surface area contributed by atoms with Crippen molar-refractivity contribution in [2.75, 3.05) is 23.8 Å². The van der Waals surface area contributed by atoms with E-state index in [9.17, 15) is 8.42 Å². The Morgan fingerprint density at radius 3 is 2.39 bits per heavy atom. The molecule has 23 heavy (non-hydrogen) atoms. The number of nitrogens with zero attached hydrogens (tertiary/aromatic N) is 1. The number of ether oxygens (including phenoxy) is 1. The molecule has 0 aromatic heterocycles. The number of anilines is 2. The zero-order valence-corrected chi connectivity index (χ0v) is 14.2. The Morgan fingerprint density at radius 1 is 1.13 bits per heavy atom. The Labute approximate surface area is 139 Å². The van der Waals surface area contributed by atoms with Gasteiger partial charge in [0.2, 0.25) is 5.94 Å². The van der Waals surface area contributed by atoms with Crippen LogP contribution in [0, 0.1) is 0 Å². The minimum atomic E-state index is -3.48. The van der Waals surface area contributed by atoms with E-state index in [2.05, 4.69) is 12.2 Å². The lowest BCUT2D eigenvalue weighted by atomic mass is 10.2. The van der Waals surface area contributed by atoms with Crippen LogP contribution < -0.4 is 14.4 Å². The van der Waals surface area contributed by atoms with Crippen molar-refractivity contribution in [3.63, 3.8) is 0 Å². The van der Waals surface area contributed by atoms with Gasteiger partial charge in [0.05, 0.1) is 11.4 Å². The van der Waals surface area contributed by atoms with Gasteiger partial charge in [0, 0.05) is 1.43 Å². The van der Waals surface area contributed by atoms with E-state index < -0.39 is 10.0 Å². The van der Waals surface area contributed by atoms with Gasteiger partial charge in [-0.2, -0.15) is 0 Å². The van der Waals surface area contributed by atoms with Crippen molar-refractivity contribution in [2.24, 2.45) is 0 Å². The topological polar surface area (TPSA) is 58.6 Å². The van der Waals surface area contributed by atoms with Crippen molar-refractivity contribution in [2.45, 2.75) is 13.3 Å². The molecule has 1 heterocycles. The molecule has 1 aliphatic rings. The van der Waals surface area contributed by atoms with Crippen molar-refractivity contribution >= 4 is 21.4 Å². The maximum atomic E-state index is 12.1. The van der Waals surface area contributed by atoms with Crippen LogP contribution in [0.2, 0.25) is 0 Å². The molecule has 0 aliphatic carbocycles. The molecule has 1 N–H and O–H groups in total. The van der Waals surface area contributed by atoms with E-state index in [1.54, 1.807) is 30.3 Å². The summed E-state index contributed by atoms with van der Waals surface area (Å²) in [4.78, 5) is 0. The van der Waals surface area contributed by atoms with E-state index in [-0.39, 0.29) is 7.37 Å². The van der Waals surface area contributed by atoms with Gasteiger partial charge in [-0.1, -0.05) is 37.3 Å². The van der Waals surface area contributed by atoms with Crippen LogP contribution in [0.3, 0.4) is 0 Å². The molecule has 0 saturated carbocycles. The van der Waals surface area contributed by atoms with Crippen molar-refractivity contribution < 1.29 is 14.6 Å². The Bertz CT molecular complexity index is 722. The van der Waals surface area contributed by atoms with Crippen molar-refractivity contribution in [1.82, 2.24) is 5.32 Å². The summed E-state index contributed by atoms with van der Waals surface area (Å²) in [6.45, 7) is 3.29. The minimum Gasteiger partial charge on any atom is -0.474 e. The molecule has 126 valence electrons. The summed E-state index contributed by atoms with van der Waals surface area (Å²) >= 11 is 0. The lowest BCUT2D eigenvalue weighted by molar-refractivity contribution is 0.371. The Morgan fingerprint density at radius 2 is 1.78 bits per heavy atom. The maximum absolute atomic E-state index is 12.1. The summed E-state index contributed by atoms with van der Waals surface area (Å²) in [5.74, 6) is 0.245. The number of hydrogen-bond donors (Lipinski definition) is 1. The first-order chi connectivity index (χ1) is 11.1. The van der Waals surface area contributed by atoms with E-state index in [1.807, 2.05) is 31.3 Å². The average Bonchev–Trinajstić information content (AvgIpc) is 2.56. The van der Waals surface area contributed by atoms with Gasteiger partial charge in [-0.3, -0.25) is 0 Å². The average molecular weight is 336 g/mol. The van der Waals surface area contributed by atoms with Crippen LogP contribution in [0.25, 0.3) is 0 Å². The van der Waals surface area contributed by atoms with Gasteiger partial charge >= 0.3 is 0 Å². The molecule has 1 aliphatic heterocycles. The number of rotatable bonds is 3. The van der Waals surface area contributed by atoms with Crippen LogP contribution >= 0.6 is 0 Å². The van der Waals surface area contributed by atoms with Crippen LogP contribution in [0.15, 0.2) is 54.6 Å². The zero-order chi connectivity index (χ0) is 16.7. The van der Waals surface area contributed by atoms with Crippen molar-refractivity contribution in [1.29, 1.82) is 0 Å². The number of nitrogens with one attached hydrogen (secondary N) is 1. The van der Waals surface area contributed by atoms with Gasteiger partial charge in [0.1, 0.15) is 5.75 Å². The van der Waals surface area contributed by atoms with Gasteiger partial charge in [-0.05, 0) is 44.3 Å². The van der Waals surface area contributed by atoms with Crippen LogP contribution in [-0.2, 0) is 10.0 Å². The molecule has 2 aromatic carbocycles. The van der Waals surface area contributed by atoms with Gasteiger partial charge in [0.15, 0.2) is 0 Å². The summed E-state index contributed by atoms with van der Waals surface area (Å²) in [5, 5.41) is 3.02. The predicted octanol–water partition coefficient (Wildman–Crippen LogP) is 3.37. The molecule has 0 saturated heterocycles.